The van der Waals surface area contributed by atoms with Crippen LogP contribution in [0, 0.1) is 0 Å². The highest BCUT2D eigenvalue weighted by atomic mass is 16.6. The topological polar surface area (TPSA) is 57.0 Å². The van der Waals surface area contributed by atoms with E-state index in [2.05, 4.69) is 4.90 Å². The lowest BCUT2D eigenvalue weighted by atomic mass is 10.1. The second kappa shape index (κ2) is 4.82. The normalized spacial score (nSPS) is 28.6. The van der Waals surface area contributed by atoms with E-state index in [4.69, 9.17) is 19.9 Å². The van der Waals surface area contributed by atoms with Crippen molar-refractivity contribution in [2.45, 2.75) is 31.6 Å². The average Bonchev–Trinajstić information content (AvgIpc) is 2.79. The van der Waals surface area contributed by atoms with Crippen LogP contribution in [-0.2, 0) is 11.3 Å². The van der Waals surface area contributed by atoms with Crippen LogP contribution in [0.4, 0.5) is 5.69 Å². The molecule has 3 aliphatic heterocycles. The van der Waals surface area contributed by atoms with Gasteiger partial charge in [0.15, 0.2) is 11.5 Å². The Bertz CT molecular complexity index is 508. The van der Waals surface area contributed by atoms with Gasteiger partial charge >= 0.3 is 0 Å². The number of nitrogen functional groups attached to an aromatic ring is 1. The SMILES string of the molecule is Nc1cc2c(cc1CN1CC3CCC(C1)O3)OCCO2. The molecule has 3 heterocycles. The number of nitrogens with two attached hydrogens (primary N) is 1. The largest absolute Gasteiger partial charge is 0.486 e. The summed E-state index contributed by atoms with van der Waals surface area (Å²) in [4.78, 5) is 2.44. The Morgan fingerprint density at radius 1 is 1.05 bits per heavy atom. The van der Waals surface area contributed by atoms with Crippen molar-refractivity contribution < 1.29 is 14.2 Å². The van der Waals surface area contributed by atoms with E-state index in [1.54, 1.807) is 0 Å². The molecule has 0 aliphatic carbocycles. The molecule has 20 heavy (non-hydrogen) atoms. The van der Waals surface area contributed by atoms with E-state index in [0.29, 0.717) is 25.4 Å². The summed E-state index contributed by atoms with van der Waals surface area (Å²) < 4.78 is 17.1. The molecule has 5 heteroatoms. The monoisotopic (exact) mass is 276 g/mol. The lowest BCUT2D eigenvalue weighted by Gasteiger charge is -2.32. The molecule has 0 amide bonds. The Hall–Kier alpha value is -1.46. The molecule has 5 nitrogen and oxygen atoms in total. The summed E-state index contributed by atoms with van der Waals surface area (Å²) in [5.74, 6) is 1.58. The molecule has 0 spiro atoms. The number of likely N-dealkylation sites (tertiary alicyclic amines) is 1. The fraction of sp³-hybridized carbons (Fsp3) is 0.600. The van der Waals surface area contributed by atoms with Crippen molar-refractivity contribution in [2.75, 3.05) is 32.0 Å². The van der Waals surface area contributed by atoms with Crippen LogP contribution in [0.3, 0.4) is 0 Å². The van der Waals surface area contributed by atoms with Gasteiger partial charge in [-0.15, -0.1) is 0 Å². The number of morpholine rings is 1. The van der Waals surface area contributed by atoms with Crippen molar-refractivity contribution in [3.05, 3.63) is 17.7 Å². The van der Waals surface area contributed by atoms with E-state index in [0.717, 1.165) is 42.4 Å². The Balaban J connectivity index is 1.53. The third kappa shape index (κ3) is 2.21. The number of hydrogen-bond acceptors (Lipinski definition) is 5. The van der Waals surface area contributed by atoms with Crippen LogP contribution < -0.4 is 15.2 Å². The molecule has 2 atom stereocenters. The Labute approximate surface area is 118 Å². The van der Waals surface area contributed by atoms with Crippen LogP contribution in [0.25, 0.3) is 0 Å². The average molecular weight is 276 g/mol. The van der Waals surface area contributed by atoms with E-state index in [1.165, 1.54) is 12.8 Å². The summed E-state index contributed by atoms with van der Waals surface area (Å²) in [6.45, 7) is 4.07. The van der Waals surface area contributed by atoms with Gasteiger partial charge in [0.05, 0.1) is 12.2 Å². The third-order valence-corrected chi connectivity index (χ3v) is 4.32. The molecular formula is C15H20N2O3. The summed E-state index contributed by atoms with van der Waals surface area (Å²) >= 11 is 0. The van der Waals surface area contributed by atoms with Crippen LogP contribution in [0.5, 0.6) is 11.5 Å². The zero-order chi connectivity index (χ0) is 13.5. The van der Waals surface area contributed by atoms with Gasteiger partial charge in [0, 0.05) is 31.4 Å². The van der Waals surface area contributed by atoms with Gasteiger partial charge in [-0.25, -0.2) is 0 Å². The van der Waals surface area contributed by atoms with E-state index in [-0.39, 0.29) is 0 Å². The quantitative estimate of drug-likeness (QED) is 0.828. The molecule has 2 N–H and O–H groups in total. The fourth-order valence-electron chi connectivity index (χ4n) is 3.35. The molecule has 2 fully saturated rings. The highest BCUT2D eigenvalue weighted by molar-refractivity contribution is 5.58. The molecule has 0 radical (unpaired) electrons. The molecule has 108 valence electrons. The lowest BCUT2D eigenvalue weighted by Crippen LogP contribution is -2.42. The zero-order valence-electron chi connectivity index (χ0n) is 11.5. The van der Waals surface area contributed by atoms with Gasteiger partial charge in [0.2, 0.25) is 0 Å². The maximum absolute atomic E-state index is 6.15. The number of rotatable bonds is 2. The van der Waals surface area contributed by atoms with Crippen LogP contribution in [0.1, 0.15) is 18.4 Å². The van der Waals surface area contributed by atoms with Gasteiger partial charge < -0.3 is 19.9 Å². The van der Waals surface area contributed by atoms with Crippen LogP contribution in [0.2, 0.25) is 0 Å². The predicted molar refractivity (Wildman–Crippen MR) is 75.0 cm³/mol. The molecule has 1 aromatic rings. The number of ether oxygens (including phenoxy) is 3. The Morgan fingerprint density at radius 3 is 2.40 bits per heavy atom. The molecule has 2 bridgehead atoms. The van der Waals surface area contributed by atoms with Crippen molar-refractivity contribution in [3.8, 4) is 11.5 Å². The maximum Gasteiger partial charge on any atom is 0.163 e. The third-order valence-electron chi connectivity index (χ3n) is 4.32. The van der Waals surface area contributed by atoms with Crippen molar-refractivity contribution in [1.29, 1.82) is 0 Å². The predicted octanol–water partition coefficient (Wildman–Crippen LogP) is 1.40. The summed E-state index contributed by atoms with van der Waals surface area (Å²) in [6.07, 6.45) is 3.20. The number of anilines is 1. The van der Waals surface area contributed by atoms with Gasteiger partial charge in [0.25, 0.3) is 0 Å². The number of benzene rings is 1. The van der Waals surface area contributed by atoms with Crippen LogP contribution in [0.15, 0.2) is 12.1 Å². The van der Waals surface area contributed by atoms with E-state index in [9.17, 15) is 0 Å². The number of hydrogen-bond donors (Lipinski definition) is 1. The summed E-state index contributed by atoms with van der Waals surface area (Å²) in [5.41, 5.74) is 8.06. The van der Waals surface area contributed by atoms with Gasteiger partial charge in [-0.3, -0.25) is 4.90 Å². The minimum absolute atomic E-state index is 0.409. The Kier molecular flexibility index (Phi) is 2.97. The molecule has 3 aliphatic rings. The number of fused-ring (bicyclic) bond motifs is 3. The van der Waals surface area contributed by atoms with Crippen molar-refractivity contribution in [2.24, 2.45) is 0 Å². The van der Waals surface area contributed by atoms with Crippen molar-refractivity contribution >= 4 is 5.69 Å². The zero-order valence-corrected chi connectivity index (χ0v) is 11.5. The smallest absolute Gasteiger partial charge is 0.163 e. The highest BCUT2D eigenvalue weighted by Crippen LogP contribution is 2.35. The van der Waals surface area contributed by atoms with Gasteiger partial charge in [-0.05, 0) is 24.5 Å². The molecule has 4 rings (SSSR count). The highest BCUT2D eigenvalue weighted by Gasteiger charge is 2.33. The first-order valence-corrected chi connectivity index (χ1v) is 7.34. The summed E-state index contributed by atoms with van der Waals surface area (Å²) in [5, 5.41) is 0. The summed E-state index contributed by atoms with van der Waals surface area (Å²) in [6, 6.07) is 3.92. The first-order chi connectivity index (χ1) is 9.78. The van der Waals surface area contributed by atoms with Crippen molar-refractivity contribution in [1.82, 2.24) is 4.90 Å². The number of nitrogens with zero attached hydrogens (tertiary/aromatic N) is 1. The van der Waals surface area contributed by atoms with Gasteiger partial charge in [-0.2, -0.15) is 0 Å². The van der Waals surface area contributed by atoms with Crippen molar-refractivity contribution in [3.63, 3.8) is 0 Å². The first-order valence-electron chi connectivity index (χ1n) is 7.34. The van der Waals surface area contributed by atoms with E-state index < -0.39 is 0 Å². The molecule has 1 aromatic carbocycles. The first kappa shape index (κ1) is 12.3. The maximum atomic E-state index is 6.15. The minimum Gasteiger partial charge on any atom is -0.486 e. The van der Waals surface area contributed by atoms with E-state index >= 15 is 0 Å². The van der Waals surface area contributed by atoms with E-state index in [1.807, 2.05) is 12.1 Å². The second-order valence-corrected chi connectivity index (χ2v) is 5.85. The molecular weight excluding hydrogens is 256 g/mol. The molecule has 0 saturated carbocycles. The van der Waals surface area contributed by atoms with Gasteiger partial charge in [-0.1, -0.05) is 0 Å². The van der Waals surface area contributed by atoms with Gasteiger partial charge in [0.1, 0.15) is 13.2 Å². The van der Waals surface area contributed by atoms with Crippen LogP contribution >= 0.6 is 0 Å². The van der Waals surface area contributed by atoms with Crippen LogP contribution in [-0.4, -0.2) is 43.4 Å². The Morgan fingerprint density at radius 2 is 1.70 bits per heavy atom. The molecule has 2 saturated heterocycles. The molecule has 0 aromatic heterocycles. The standard InChI is InChI=1S/C15H20N2O3/c16-13-6-15-14(18-3-4-19-15)5-10(13)7-17-8-11-1-2-12(9-17)20-11/h5-6,11-12H,1-4,7-9,16H2. The molecule has 2 unspecified atom stereocenters. The minimum atomic E-state index is 0.409. The second-order valence-electron chi connectivity index (χ2n) is 5.85. The summed E-state index contributed by atoms with van der Waals surface area (Å²) in [7, 11) is 0. The fourth-order valence-corrected chi connectivity index (χ4v) is 3.35. The lowest BCUT2D eigenvalue weighted by molar-refractivity contribution is -0.0410.